The summed E-state index contributed by atoms with van der Waals surface area (Å²) in [4.78, 5) is 10.4. The maximum absolute atomic E-state index is 10.4. The van der Waals surface area contributed by atoms with Crippen LogP contribution in [0.3, 0.4) is 0 Å². The Morgan fingerprint density at radius 1 is 1.40 bits per heavy atom. The van der Waals surface area contributed by atoms with E-state index in [9.17, 15) is 4.79 Å². The van der Waals surface area contributed by atoms with Crippen molar-refractivity contribution in [1.82, 2.24) is 0 Å². The second kappa shape index (κ2) is 6.03. The first kappa shape index (κ1) is 11.5. The normalized spacial score (nSPS) is 12.1. The molecule has 0 aromatic heterocycles. The molecule has 0 spiro atoms. The monoisotopic (exact) mass is 208 g/mol. The second-order valence-electron chi connectivity index (χ2n) is 3.38. The molecule has 0 radical (unpaired) electrons. The predicted octanol–water partition coefficient (Wildman–Crippen LogP) is 1.29. The Morgan fingerprint density at radius 3 is 2.67 bits per heavy atom. The fraction of sp³-hybridized carbons (Fsp3) is 0.364. The third kappa shape index (κ3) is 4.46. The molecule has 82 valence electrons. The van der Waals surface area contributed by atoms with Gasteiger partial charge in [0, 0.05) is 12.2 Å². The first-order valence-electron chi connectivity index (χ1n) is 4.97. The third-order valence-corrected chi connectivity index (χ3v) is 2.11. The van der Waals surface area contributed by atoms with Gasteiger partial charge in [-0.3, -0.25) is 4.79 Å². The predicted molar refractivity (Wildman–Crippen MR) is 59.8 cm³/mol. The summed E-state index contributed by atoms with van der Waals surface area (Å²) < 4.78 is 0. The maximum Gasteiger partial charge on any atom is 0.320 e. The number of anilines is 1. The summed E-state index contributed by atoms with van der Waals surface area (Å²) in [5.41, 5.74) is 6.41. The van der Waals surface area contributed by atoms with Crippen LogP contribution in [0.2, 0.25) is 0 Å². The minimum atomic E-state index is -0.935. The van der Waals surface area contributed by atoms with Crippen LogP contribution >= 0.6 is 0 Å². The van der Waals surface area contributed by atoms with Crippen LogP contribution in [0.25, 0.3) is 0 Å². The molecule has 0 aliphatic heterocycles. The molecule has 4 nitrogen and oxygen atoms in total. The van der Waals surface area contributed by atoms with Gasteiger partial charge in [-0.05, 0) is 25.0 Å². The van der Waals surface area contributed by atoms with Crippen molar-refractivity contribution in [3.63, 3.8) is 0 Å². The smallest absolute Gasteiger partial charge is 0.320 e. The van der Waals surface area contributed by atoms with Crippen LogP contribution in [0.15, 0.2) is 30.3 Å². The number of hydrogen-bond donors (Lipinski definition) is 3. The van der Waals surface area contributed by atoms with Crippen molar-refractivity contribution in [2.75, 3.05) is 11.9 Å². The summed E-state index contributed by atoms with van der Waals surface area (Å²) in [6.07, 6.45) is 1.25. The first-order valence-corrected chi connectivity index (χ1v) is 4.97. The van der Waals surface area contributed by atoms with Crippen molar-refractivity contribution in [2.45, 2.75) is 18.9 Å². The molecule has 0 amide bonds. The zero-order valence-electron chi connectivity index (χ0n) is 8.52. The lowest BCUT2D eigenvalue weighted by molar-refractivity contribution is -0.138. The molecule has 4 N–H and O–H groups in total. The van der Waals surface area contributed by atoms with Crippen molar-refractivity contribution >= 4 is 11.7 Å². The summed E-state index contributed by atoms with van der Waals surface area (Å²) >= 11 is 0. The van der Waals surface area contributed by atoms with Gasteiger partial charge in [-0.15, -0.1) is 0 Å². The van der Waals surface area contributed by atoms with Crippen LogP contribution in [0.5, 0.6) is 0 Å². The van der Waals surface area contributed by atoms with Crippen LogP contribution in [0.1, 0.15) is 12.8 Å². The number of nitrogens with two attached hydrogens (primary N) is 1. The quantitative estimate of drug-likeness (QED) is 0.616. The van der Waals surface area contributed by atoms with E-state index in [0.717, 1.165) is 18.7 Å². The third-order valence-electron chi connectivity index (χ3n) is 2.11. The van der Waals surface area contributed by atoms with Crippen LogP contribution < -0.4 is 11.1 Å². The largest absolute Gasteiger partial charge is 0.480 e. The lowest BCUT2D eigenvalue weighted by atomic mass is 10.1. The Bertz CT molecular complexity index is 301. The number of benzene rings is 1. The Labute approximate surface area is 89.1 Å². The van der Waals surface area contributed by atoms with Gasteiger partial charge in [-0.25, -0.2) is 0 Å². The maximum atomic E-state index is 10.4. The number of carboxylic acids is 1. The molecule has 1 aromatic carbocycles. The highest BCUT2D eigenvalue weighted by Crippen LogP contribution is 2.05. The van der Waals surface area contributed by atoms with Gasteiger partial charge in [-0.2, -0.15) is 0 Å². The molecule has 0 unspecified atom stereocenters. The number of aliphatic carboxylic acids is 1. The van der Waals surface area contributed by atoms with Gasteiger partial charge in [0.05, 0.1) is 0 Å². The van der Waals surface area contributed by atoms with Gasteiger partial charge < -0.3 is 16.2 Å². The van der Waals surface area contributed by atoms with Gasteiger partial charge >= 0.3 is 5.97 Å². The van der Waals surface area contributed by atoms with E-state index in [0.29, 0.717) is 6.42 Å². The van der Waals surface area contributed by atoms with Crippen molar-refractivity contribution in [3.8, 4) is 0 Å². The Balaban J connectivity index is 2.15. The highest BCUT2D eigenvalue weighted by atomic mass is 16.4. The van der Waals surface area contributed by atoms with E-state index in [2.05, 4.69) is 5.32 Å². The van der Waals surface area contributed by atoms with E-state index in [1.54, 1.807) is 0 Å². The minimum Gasteiger partial charge on any atom is -0.480 e. The summed E-state index contributed by atoms with van der Waals surface area (Å²) in [5.74, 6) is -0.935. The SMILES string of the molecule is N[C@H](CCCNc1ccccc1)C(=O)O. The summed E-state index contributed by atoms with van der Waals surface area (Å²) in [6, 6.07) is 9.04. The Kier molecular flexibility index (Phi) is 4.63. The van der Waals surface area contributed by atoms with Crippen molar-refractivity contribution in [3.05, 3.63) is 30.3 Å². The summed E-state index contributed by atoms with van der Waals surface area (Å²) in [6.45, 7) is 0.741. The van der Waals surface area contributed by atoms with Crippen LogP contribution in [-0.4, -0.2) is 23.7 Å². The van der Waals surface area contributed by atoms with Gasteiger partial charge in [0.1, 0.15) is 6.04 Å². The van der Waals surface area contributed by atoms with E-state index in [-0.39, 0.29) is 0 Å². The number of rotatable bonds is 6. The number of nitrogens with one attached hydrogen (secondary N) is 1. The molecule has 0 heterocycles. The molecule has 0 aliphatic rings. The fourth-order valence-corrected chi connectivity index (χ4v) is 1.23. The molecule has 1 atom stereocenters. The summed E-state index contributed by atoms with van der Waals surface area (Å²) in [5, 5.41) is 11.7. The average molecular weight is 208 g/mol. The molecule has 0 saturated heterocycles. The topological polar surface area (TPSA) is 75.3 Å². The zero-order valence-corrected chi connectivity index (χ0v) is 8.52. The summed E-state index contributed by atoms with van der Waals surface area (Å²) in [7, 11) is 0. The van der Waals surface area contributed by atoms with Gasteiger partial charge in [0.2, 0.25) is 0 Å². The Morgan fingerprint density at radius 2 is 2.07 bits per heavy atom. The van der Waals surface area contributed by atoms with Crippen molar-refractivity contribution < 1.29 is 9.90 Å². The second-order valence-corrected chi connectivity index (χ2v) is 3.38. The fourth-order valence-electron chi connectivity index (χ4n) is 1.23. The van der Waals surface area contributed by atoms with Gasteiger partial charge in [-0.1, -0.05) is 18.2 Å². The lowest BCUT2D eigenvalue weighted by Gasteiger charge is -2.08. The van der Waals surface area contributed by atoms with E-state index in [1.165, 1.54) is 0 Å². The number of carboxylic acid groups (broad SMARTS) is 1. The van der Waals surface area contributed by atoms with E-state index in [1.807, 2.05) is 30.3 Å². The van der Waals surface area contributed by atoms with E-state index >= 15 is 0 Å². The molecular formula is C11H16N2O2. The molecule has 0 aliphatic carbocycles. The molecule has 0 bridgehead atoms. The zero-order chi connectivity index (χ0) is 11.1. The van der Waals surface area contributed by atoms with Gasteiger partial charge in [0.15, 0.2) is 0 Å². The first-order chi connectivity index (χ1) is 7.20. The highest BCUT2D eigenvalue weighted by Gasteiger charge is 2.09. The standard InChI is InChI=1S/C11H16N2O2/c12-10(11(14)15)7-4-8-13-9-5-2-1-3-6-9/h1-3,5-6,10,13H,4,7-8,12H2,(H,14,15)/t10-/m1/s1. The van der Waals surface area contributed by atoms with E-state index < -0.39 is 12.0 Å². The molecule has 0 fully saturated rings. The van der Waals surface area contributed by atoms with Crippen molar-refractivity contribution in [1.29, 1.82) is 0 Å². The molecular weight excluding hydrogens is 192 g/mol. The molecule has 0 saturated carbocycles. The molecule has 1 aromatic rings. The highest BCUT2D eigenvalue weighted by molar-refractivity contribution is 5.72. The van der Waals surface area contributed by atoms with Gasteiger partial charge in [0.25, 0.3) is 0 Å². The molecule has 1 rings (SSSR count). The number of hydrogen-bond acceptors (Lipinski definition) is 3. The van der Waals surface area contributed by atoms with E-state index in [4.69, 9.17) is 10.8 Å². The Hall–Kier alpha value is -1.55. The number of para-hydroxylation sites is 1. The molecule has 4 heteroatoms. The lowest BCUT2D eigenvalue weighted by Crippen LogP contribution is -2.30. The molecule has 15 heavy (non-hydrogen) atoms. The average Bonchev–Trinajstić information content (AvgIpc) is 2.25. The van der Waals surface area contributed by atoms with Crippen LogP contribution in [0.4, 0.5) is 5.69 Å². The minimum absolute atomic E-state index is 0.495. The van der Waals surface area contributed by atoms with Crippen molar-refractivity contribution in [2.24, 2.45) is 5.73 Å². The van der Waals surface area contributed by atoms with Crippen LogP contribution in [-0.2, 0) is 4.79 Å². The number of carbonyl (C=O) groups is 1. The van der Waals surface area contributed by atoms with Crippen LogP contribution in [0, 0.1) is 0 Å².